The van der Waals surface area contributed by atoms with E-state index >= 15 is 0 Å². The molecule has 0 amide bonds. The number of rotatable bonds is 6. The number of carbonyl (C=O) groups is 6. The van der Waals surface area contributed by atoms with Crippen LogP contribution in [0.25, 0.3) is 0 Å². The summed E-state index contributed by atoms with van der Waals surface area (Å²) in [5.74, 6) is -5.91. The molecule has 4 saturated carbocycles. The van der Waals surface area contributed by atoms with E-state index in [9.17, 15) is 39.0 Å². The van der Waals surface area contributed by atoms with E-state index in [-0.39, 0.29) is 35.3 Å². The van der Waals surface area contributed by atoms with Gasteiger partial charge in [-0.1, -0.05) is 26.0 Å². The van der Waals surface area contributed by atoms with E-state index in [1.165, 1.54) is 14.2 Å². The first-order valence-corrected chi connectivity index (χ1v) is 14.6. The van der Waals surface area contributed by atoms with Gasteiger partial charge in [0.05, 0.1) is 37.9 Å². The molecule has 232 valence electrons. The molecule has 10 heteroatoms. The molecule has 0 bridgehead atoms. The van der Waals surface area contributed by atoms with Crippen molar-refractivity contribution < 1.29 is 48.5 Å². The molecule has 0 heterocycles. The van der Waals surface area contributed by atoms with Gasteiger partial charge >= 0.3 is 23.9 Å². The lowest BCUT2D eigenvalue weighted by Crippen LogP contribution is -2.55. The molecule has 0 aromatic carbocycles. The van der Waals surface area contributed by atoms with E-state index in [0.29, 0.717) is 51.4 Å². The minimum atomic E-state index is -0.894. The third kappa shape index (κ3) is 5.69. The number of hydrogen-bond acceptors (Lipinski definition) is 8. The summed E-state index contributed by atoms with van der Waals surface area (Å²) >= 11 is 0. The van der Waals surface area contributed by atoms with Crippen LogP contribution >= 0.6 is 0 Å². The number of methoxy groups -OCH3 is 2. The number of aliphatic carboxylic acids is 2. The predicted octanol–water partition coefficient (Wildman–Crippen LogP) is 4.12. The Kier molecular flexibility index (Phi) is 10.2. The molecule has 10 atom stereocenters. The van der Waals surface area contributed by atoms with Gasteiger partial charge < -0.3 is 19.7 Å². The number of carbonyl (C=O) groups excluding carboxylic acids is 4. The molecular formula is C32H44O10. The molecular weight excluding hydrogens is 544 g/mol. The number of esters is 2. The summed E-state index contributed by atoms with van der Waals surface area (Å²) < 4.78 is 9.78. The largest absolute Gasteiger partial charge is 0.481 e. The van der Waals surface area contributed by atoms with Gasteiger partial charge in [0, 0.05) is 36.5 Å². The van der Waals surface area contributed by atoms with Crippen LogP contribution in [0.4, 0.5) is 0 Å². The molecule has 0 aromatic rings. The minimum Gasteiger partial charge on any atom is -0.481 e. The lowest BCUT2D eigenvalue weighted by atomic mass is 9.50. The second-order valence-electron chi connectivity index (χ2n) is 12.7. The van der Waals surface area contributed by atoms with Gasteiger partial charge in [-0.25, -0.2) is 0 Å². The van der Waals surface area contributed by atoms with E-state index in [2.05, 4.69) is 13.2 Å². The van der Waals surface area contributed by atoms with Crippen LogP contribution in [0.15, 0.2) is 25.3 Å². The molecule has 0 aliphatic heterocycles. The Morgan fingerprint density at radius 2 is 1.05 bits per heavy atom. The molecule has 4 aliphatic carbocycles. The number of allylic oxidation sites excluding steroid dienone is 2. The Morgan fingerprint density at radius 1 is 0.714 bits per heavy atom. The maximum atomic E-state index is 12.4. The van der Waals surface area contributed by atoms with E-state index in [0.717, 1.165) is 0 Å². The summed E-state index contributed by atoms with van der Waals surface area (Å²) in [6.45, 7) is 11.3. The average molecular weight is 589 g/mol. The fourth-order valence-electron chi connectivity index (χ4n) is 8.70. The Hall–Kier alpha value is -3.30. The number of ether oxygens (including phenoxy) is 2. The Bertz CT molecular complexity index is 1050. The normalized spacial score (nSPS) is 39.2. The SMILES string of the molecule is C=C[C@@H]1[C@@H](C(=O)O)CC[C@]2(C)[C@@H](C(=O)OC)CCC(=O)[C@@H]12.C=C[C@@H]1[C@H]2C(=O)CC[C@@H](C(=O)OC)[C@]2(C)CC[C@H]1C(=O)O. The lowest BCUT2D eigenvalue weighted by Gasteiger charge is -2.52. The maximum absolute atomic E-state index is 12.4. The Balaban J connectivity index is 0.000000230. The highest BCUT2D eigenvalue weighted by Gasteiger charge is 2.59. The van der Waals surface area contributed by atoms with Crippen molar-refractivity contribution in [3.63, 3.8) is 0 Å². The summed E-state index contributed by atoms with van der Waals surface area (Å²) in [5, 5.41) is 18.7. The second kappa shape index (κ2) is 12.9. The summed E-state index contributed by atoms with van der Waals surface area (Å²) in [6, 6.07) is 0. The topological polar surface area (TPSA) is 161 Å². The molecule has 2 N–H and O–H groups in total. The molecule has 0 saturated heterocycles. The highest BCUT2D eigenvalue weighted by Crippen LogP contribution is 2.57. The van der Waals surface area contributed by atoms with Crippen LogP contribution < -0.4 is 0 Å². The number of ketones is 2. The Labute approximate surface area is 246 Å². The fourth-order valence-corrected chi connectivity index (χ4v) is 8.70. The van der Waals surface area contributed by atoms with Crippen LogP contribution in [0.5, 0.6) is 0 Å². The third-order valence-electron chi connectivity index (χ3n) is 10.9. The van der Waals surface area contributed by atoms with Crippen LogP contribution in [0, 0.1) is 58.2 Å². The van der Waals surface area contributed by atoms with Gasteiger partial charge in [-0.15, -0.1) is 13.2 Å². The molecule has 4 fully saturated rings. The molecule has 4 aliphatic rings. The van der Waals surface area contributed by atoms with E-state index in [1.54, 1.807) is 12.2 Å². The van der Waals surface area contributed by atoms with Crippen molar-refractivity contribution in [2.45, 2.75) is 65.2 Å². The molecule has 42 heavy (non-hydrogen) atoms. The maximum Gasteiger partial charge on any atom is 0.309 e. The van der Waals surface area contributed by atoms with Gasteiger partial charge in [0.2, 0.25) is 0 Å². The predicted molar refractivity (Wildman–Crippen MR) is 151 cm³/mol. The molecule has 4 rings (SSSR count). The van der Waals surface area contributed by atoms with Crippen LogP contribution in [-0.2, 0) is 38.2 Å². The van der Waals surface area contributed by atoms with Gasteiger partial charge in [0.1, 0.15) is 11.6 Å². The van der Waals surface area contributed by atoms with Crippen LogP contribution in [0.3, 0.4) is 0 Å². The van der Waals surface area contributed by atoms with Crippen molar-refractivity contribution >= 4 is 35.4 Å². The number of fused-ring (bicyclic) bond motifs is 2. The van der Waals surface area contributed by atoms with Crippen molar-refractivity contribution in [3.8, 4) is 0 Å². The van der Waals surface area contributed by atoms with Crippen molar-refractivity contribution in [3.05, 3.63) is 25.3 Å². The first-order valence-electron chi connectivity index (χ1n) is 14.6. The molecule has 0 aromatic heterocycles. The van der Waals surface area contributed by atoms with E-state index in [1.807, 2.05) is 13.8 Å². The van der Waals surface area contributed by atoms with Crippen molar-refractivity contribution in [1.82, 2.24) is 0 Å². The fraction of sp³-hybridized carbons (Fsp3) is 0.688. The Morgan fingerprint density at radius 3 is 1.31 bits per heavy atom. The monoisotopic (exact) mass is 588 g/mol. The number of carboxylic acid groups (broad SMARTS) is 2. The van der Waals surface area contributed by atoms with Crippen LogP contribution in [-0.4, -0.2) is 59.9 Å². The quantitative estimate of drug-likeness (QED) is 0.341. The summed E-state index contributed by atoms with van der Waals surface area (Å²) in [4.78, 5) is 71.9. The standard InChI is InChI=1S/2C16H22O5/c2*1-4-9-10(14(18)19)7-8-16(2)11(15(20)21-3)5-6-12(17)13(9)16/h2*4,9-11,13H,1,5-8H2,2-3H3,(H,18,19)/t2*9-,10+,11-,13-,16-/m10/s1. The number of Topliss-reactive ketones (excluding diaryl/α,β-unsaturated/α-hetero) is 2. The second-order valence-corrected chi connectivity index (χ2v) is 12.7. The van der Waals surface area contributed by atoms with E-state index < -0.39 is 58.3 Å². The number of carboxylic acids is 2. The number of hydrogen-bond donors (Lipinski definition) is 2. The van der Waals surface area contributed by atoms with Crippen molar-refractivity contribution in [1.29, 1.82) is 0 Å². The molecule has 0 spiro atoms. The summed E-state index contributed by atoms with van der Waals surface area (Å²) in [7, 11) is 2.70. The molecule has 0 unspecified atom stereocenters. The van der Waals surface area contributed by atoms with Crippen molar-refractivity contribution in [2.24, 2.45) is 58.2 Å². The summed E-state index contributed by atoms with van der Waals surface area (Å²) in [6.07, 6.45) is 6.75. The van der Waals surface area contributed by atoms with Gasteiger partial charge in [-0.05, 0) is 49.4 Å². The molecule has 0 radical (unpaired) electrons. The van der Waals surface area contributed by atoms with Crippen LogP contribution in [0.2, 0.25) is 0 Å². The highest BCUT2D eigenvalue weighted by atomic mass is 16.5. The zero-order valence-electron chi connectivity index (χ0n) is 25.0. The molecule has 10 nitrogen and oxygen atoms in total. The van der Waals surface area contributed by atoms with Gasteiger partial charge in [-0.2, -0.15) is 0 Å². The highest BCUT2D eigenvalue weighted by molar-refractivity contribution is 5.88. The van der Waals surface area contributed by atoms with Gasteiger partial charge in [0.25, 0.3) is 0 Å². The first kappa shape index (κ1) is 33.2. The van der Waals surface area contributed by atoms with Gasteiger partial charge in [0.15, 0.2) is 0 Å². The van der Waals surface area contributed by atoms with Crippen molar-refractivity contribution in [2.75, 3.05) is 14.2 Å². The minimum absolute atomic E-state index is 0.0495. The smallest absolute Gasteiger partial charge is 0.309 e. The van der Waals surface area contributed by atoms with Gasteiger partial charge in [-0.3, -0.25) is 28.8 Å². The van der Waals surface area contributed by atoms with E-state index in [4.69, 9.17) is 9.47 Å². The third-order valence-corrected chi connectivity index (χ3v) is 10.9. The van der Waals surface area contributed by atoms with Crippen LogP contribution in [0.1, 0.15) is 65.2 Å². The first-order chi connectivity index (χ1) is 19.7. The summed E-state index contributed by atoms with van der Waals surface area (Å²) in [5.41, 5.74) is -1.07. The lowest BCUT2D eigenvalue weighted by molar-refractivity contribution is -0.168. The zero-order valence-corrected chi connectivity index (χ0v) is 25.0. The average Bonchev–Trinajstić information content (AvgIpc) is 2.95. The zero-order chi connectivity index (χ0) is 31.6.